The molecule has 0 fully saturated rings. The molecule has 12 rings (SSSR count). The van der Waals surface area contributed by atoms with E-state index in [9.17, 15) is 0 Å². The quantitative estimate of drug-likeness (QED) is 0.144. The van der Waals surface area contributed by atoms with Gasteiger partial charge in [-0.2, -0.15) is 0 Å². The lowest BCUT2D eigenvalue weighted by atomic mass is 9.84. The molecule has 0 saturated heterocycles. The fraction of sp³-hybridized carbons (Fsp3) is 0.0847. The molecule has 0 aliphatic rings. The van der Waals surface area contributed by atoms with Crippen molar-refractivity contribution < 1.29 is 0 Å². The molecule has 62 heavy (non-hydrogen) atoms. The van der Waals surface area contributed by atoms with E-state index in [0.717, 1.165) is 12.8 Å². The molecule has 1 atom stereocenters. The predicted octanol–water partition coefficient (Wildman–Crippen LogP) is 17.6. The van der Waals surface area contributed by atoms with Crippen molar-refractivity contribution >= 4 is 84.8 Å². The van der Waals surface area contributed by atoms with E-state index in [1.165, 1.54) is 118 Å². The zero-order chi connectivity index (χ0) is 41.3. The number of rotatable bonds is 8. The normalized spacial score (nSPS) is 12.4. The summed E-state index contributed by atoms with van der Waals surface area (Å²) in [5.41, 5.74) is 15.5. The Morgan fingerprint density at radius 2 is 1.05 bits per heavy atom. The number of aromatic nitrogens is 1. The Labute approximate surface area is 369 Å². The van der Waals surface area contributed by atoms with Crippen molar-refractivity contribution in [3.8, 4) is 39.1 Å². The molecule has 0 aliphatic carbocycles. The van der Waals surface area contributed by atoms with Crippen LogP contribution in [0, 0.1) is 6.92 Å². The van der Waals surface area contributed by atoms with E-state index in [-0.39, 0.29) is 0 Å². The van der Waals surface area contributed by atoms with Crippen molar-refractivity contribution in [2.75, 3.05) is 0 Å². The minimum absolute atomic E-state index is 0.349. The highest BCUT2D eigenvalue weighted by Crippen LogP contribution is 2.47. The second kappa shape index (κ2) is 15.0. The van der Waals surface area contributed by atoms with Gasteiger partial charge in [0.15, 0.2) is 0 Å². The van der Waals surface area contributed by atoms with Crippen molar-refractivity contribution in [3.63, 3.8) is 0 Å². The Bertz CT molecular complexity index is 3670. The van der Waals surface area contributed by atoms with E-state index in [0.29, 0.717) is 5.92 Å². The third-order valence-corrected chi connectivity index (χ3v) is 15.6. The molecule has 3 heteroatoms. The largest absolute Gasteiger partial charge is 0.309 e. The summed E-state index contributed by atoms with van der Waals surface area (Å²) in [5, 5.41) is 7.97. The molecule has 1 nitrogen and oxygen atoms in total. The number of nitrogens with zero attached hydrogens (tertiary/aromatic N) is 1. The number of aryl methyl sites for hydroxylation is 1. The number of hydrogen-bond acceptors (Lipinski definition) is 2. The summed E-state index contributed by atoms with van der Waals surface area (Å²) < 4.78 is 7.85. The van der Waals surface area contributed by atoms with E-state index < -0.39 is 0 Å². The van der Waals surface area contributed by atoms with Crippen molar-refractivity contribution in [2.24, 2.45) is 0 Å². The number of para-hydroxylation sites is 2. The van der Waals surface area contributed by atoms with Crippen molar-refractivity contribution in [2.45, 2.75) is 32.6 Å². The average molecular weight is 830 g/mol. The molecule has 0 spiro atoms. The lowest BCUT2D eigenvalue weighted by molar-refractivity contribution is 0.662. The highest BCUT2D eigenvalue weighted by atomic mass is 32.1. The zero-order valence-corrected chi connectivity index (χ0v) is 36.4. The van der Waals surface area contributed by atoms with Gasteiger partial charge in [0.05, 0.1) is 11.0 Å². The average Bonchev–Trinajstić information content (AvgIpc) is 4.00. The summed E-state index contributed by atoms with van der Waals surface area (Å²) in [7, 11) is 0. The molecule has 0 radical (unpaired) electrons. The molecule has 0 saturated carbocycles. The molecule has 0 amide bonds. The van der Waals surface area contributed by atoms with Crippen molar-refractivity contribution in [1.82, 2.24) is 4.57 Å². The van der Waals surface area contributed by atoms with Crippen LogP contribution >= 0.6 is 22.7 Å². The van der Waals surface area contributed by atoms with Gasteiger partial charge in [-0.3, -0.25) is 0 Å². The number of thiophene rings is 2. The monoisotopic (exact) mass is 829 g/mol. The molecule has 12 aromatic rings. The first-order chi connectivity index (χ1) is 30.6. The molecule has 296 valence electrons. The van der Waals surface area contributed by atoms with Crippen molar-refractivity contribution in [3.05, 3.63) is 211 Å². The molecule has 3 aromatic heterocycles. The maximum absolute atomic E-state index is 2.54. The van der Waals surface area contributed by atoms with E-state index in [1.54, 1.807) is 0 Å². The van der Waals surface area contributed by atoms with Gasteiger partial charge in [0.2, 0.25) is 0 Å². The highest BCUT2D eigenvalue weighted by Gasteiger charge is 2.21. The first-order valence-corrected chi connectivity index (χ1v) is 23.4. The molecular formula is C59H43NS2. The summed E-state index contributed by atoms with van der Waals surface area (Å²) in [5.74, 6) is 0.349. The van der Waals surface area contributed by atoms with Gasteiger partial charge in [0.1, 0.15) is 0 Å². The standard InChI is InChI=1S/C59H43NS2/c1-3-38(42-34-52-49-22-11-14-27-57(49)62-59(52)53(35-42)51-24-15-23-50-48-21-10-13-26-56(48)61-58(50)51)33-41-16-7-8-19-45(41)44-30-28-39(32-37(44)2)40-29-31-47-46-20-9-12-25-54(46)60(55(47)36-40)43-17-5-4-6-18-43/h4-32,34-36,38H,3,33H2,1-2H3. The van der Waals surface area contributed by atoms with Crippen LogP contribution in [0.2, 0.25) is 0 Å². The Balaban J connectivity index is 0.936. The van der Waals surface area contributed by atoms with Crippen LogP contribution in [0.25, 0.3) is 101 Å². The summed E-state index contributed by atoms with van der Waals surface area (Å²) >= 11 is 3.86. The van der Waals surface area contributed by atoms with Gasteiger partial charge in [-0.15, -0.1) is 22.7 Å². The van der Waals surface area contributed by atoms with Crippen molar-refractivity contribution in [1.29, 1.82) is 0 Å². The minimum Gasteiger partial charge on any atom is -0.309 e. The Kier molecular flexibility index (Phi) is 8.95. The van der Waals surface area contributed by atoms with Crippen LogP contribution in [0.4, 0.5) is 0 Å². The molecule has 0 bridgehead atoms. The van der Waals surface area contributed by atoms with Crippen LogP contribution in [0.5, 0.6) is 0 Å². The van der Waals surface area contributed by atoms with Gasteiger partial charge in [-0.05, 0) is 113 Å². The first kappa shape index (κ1) is 37.0. The fourth-order valence-electron chi connectivity index (χ4n) is 10.1. The SMILES string of the molecule is CCC(Cc1ccccc1-c1ccc(-c2ccc3c4ccccc4n(-c4ccccc4)c3c2)cc1C)c1cc(-c2cccc3c2sc2ccccc23)c2sc3ccccc3c2c1. The second-order valence-corrected chi connectivity index (χ2v) is 18.8. The van der Waals surface area contributed by atoms with E-state index >= 15 is 0 Å². The van der Waals surface area contributed by atoms with Gasteiger partial charge in [-0.1, -0.05) is 153 Å². The smallest absolute Gasteiger partial charge is 0.0547 e. The number of benzene rings is 9. The maximum atomic E-state index is 2.54. The summed E-state index contributed by atoms with van der Waals surface area (Å²) in [6, 6.07) is 72.4. The Hall–Kier alpha value is -6.78. The van der Waals surface area contributed by atoms with Gasteiger partial charge in [-0.25, -0.2) is 0 Å². The van der Waals surface area contributed by atoms with Crippen LogP contribution in [-0.2, 0) is 6.42 Å². The molecule has 9 aromatic carbocycles. The molecule has 1 unspecified atom stereocenters. The van der Waals surface area contributed by atoms with Gasteiger partial charge < -0.3 is 4.57 Å². The zero-order valence-electron chi connectivity index (χ0n) is 34.7. The minimum atomic E-state index is 0.349. The molecular weight excluding hydrogens is 787 g/mol. The molecule has 0 aliphatic heterocycles. The van der Waals surface area contributed by atoms with Crippen LogP contribution in [0.15, 0.2) is 194 Å². The summed E-state index contributed by atoms with van der Waals surface area (Å²) in [4.78, 5) is 0. The third-order valence-electron chi connectivity index (χ3n) is 13.2. The van der Waals surface area contributed by atoms with E-state index in [1.807, 2.05) is 22.7 Å². The van der Waals surface area contributed by atoms with Crippen LogP contribution in [0.3, 0.4) is 0 Å². The van der Waals surface area contributed by atoms with Crippen LogP contribution < -0.4 is 0 Å². The summed E-state index contributed by atoms with van der Waals surface area (Å²) in [6.07, 6.45) is 2.02. The van der Waals surface area contributed by atoms with E-state index in [2.05, 4.69) is 213 Å². The van der Waals surface area contributed by atoms with Crippen LogP contribution in [-0.4, -0.2) is 4.57 Å². The lowest BCUT2D eigenvalue weighted by Gasteiger charge is -2.21. The van der Waals surface area contributed by atoms with Gasteiger partial charge in [0, 0.05) is 67.9 Å². The first-order valence-electron chi connectivity index (χ1n) is 21.7. The third kappa shape index (κ3) is 6.02. The number of hydrogen-bond donors (Lipinski definition) is 0. The lowest BCUT2D eigenvalue weighted by Crippen LogP contribution is -2.04. The summed E-state index contributed by atoms with van der Waals surface area (Å²) in [6.45, 7) is 4.65. The van der Waals surface area contributed by atoms with E-state index in [4.69, 9.17) is 0 Å². The van der Waals surface area contributed by atoms with Gasteiger partial charge in [0.25, 0.3) is 0 Å². The Morgan fingerprint density at radius 1 is 0.435 bits per heavy atom. The predicted molar refractivity (Wildman–Crippen MR) is 271 cm³/mol. The number of fused-ring (bicyclic) bond motifs is 9. The second-order valence-electron chi connectivity index (χ2n) is 16.7. The van der Waals surface area contributed by atoms with Gasteiger partial charge >= 0.3 is 0 Å². The Morgan fingerprint density at radius 3 is 1.84 bits per heavy atom. The topological polar surface area (TPSA) is 4.93 Å². The fourth-order valence-corrected chi connectivity index (χ4v) is 12.6. The highest BCUT2D eigenvalue weighted by molar-refractivity contribution is 7.27. The maximum Gasteiger partial charge on any atom is 0.0547 e. The molecule has 3 heterocycles. The van der Waals surface area contributed by atoms with Crippen LogP contribution in [0.1, 0.15) is 36.0 Å². The molecule has 0 N–H and O–H groups in total.